The van der Waals surface area contributed by atoms with E-state index < -0.39 is 5.82 Å². The topological polar surface area (TPSA) is 59.0 Å². The zero-order valence-electron chi connectivity index (χ0n) is 8.54. The summed E-state index contributed by atoms with van der Waals surface area (Å²) < 4.78 is 18.1. The quantitative estimate of drug-likeness (QED) is 0.753. The van der Waals surface area contributed by atoms with Crippen LogP contribution in [0.2, 0.25) is 0 Å². The number of nitriles is 1. The lowest BCUT2D eigenvalue weighted by atomic mass is 10.1. The maximum Gasteiger partial charge on any atom is 0.165 e. The maximum absolute atomic E-state index is 13.3. The summed E-state index contributed by atoms with van der Waals surface area (Å²) in [5, 5.41) is 8.63. The maximum atomic E-state index is 13.3. The molecular weight excluding hydrogens is 195 g/mol. The molecule has 0 aromatic heterocycles. The minimum absolute atomic E-state index is 0.154. The summed E-state index contributed by atoms with van der Waals surface area (Å²) in [7, 11) is 1.39. The molecule has 0 aliphatic rings. The smallest absolute Gasteiger partial charge is 0.165 e. The number of allylic oxidation sites excluding steroid dienone is 1. The standard InChI is InChI=1S/C11H11FN2O/c1-7(6-13)11(14)8-3-4-10(15-2)9(12)5-8/h3-5H,14H2,1-2H3/b11-7+. The Morgan fingerprint density at radius 1 is 1.53 bits per heavy atom. The molecule has 0 spiro atoms. The van der Waals surface area contributed by atoms with Crippen LogP contribution in [0.3, 0.4) is 0 Å². The van der Waals surface area contributed by atoms with Gasteiger partial charge in [-0.3, -0.25) is 0 Å². The number of methoxy groups -OCH3 is 1. The Bertz CT molecular complexity index is 446. The SMILES string of the molecule is COc1ccc(/C(N)=C(/C)C#N)cc1F. The molecule has 1 aromatic carbocycles. The highest BCUT2D eigenvalue weighted by Gasteiger charge is 2.06. The third kappa shape index (κ3) is 2.26. The fourth-order valence-electron chi connectivity index (χ4n) is 1.11. The van der Waals surface area contributed by atoms with Gasteiger partial charge in [0.05, 0.1) is 18.9 Å². The first-order valence-electron chi connectivity index (χ1n) is 4.30. The Balaban J connectivity index is 3.20. The molecule has 3 nitrogen and oxygen atoms in total. The van der Waals surface area contributed by atoms with Crippen molar-refractivity contribution in [2.75, 3.05) is 7.11 Å². The Hall–Kier alpha value is -2.02. The van der Waals surface area contributed by atoms with Crippen molar-refractivity contribution in [2.45, 2.75) is 6.92 Å². The van der Waals surface area contributed by atoms with Gasteiger partial charge in [0.15, 0.2) is 11.6 Å². The molecule has 0 fully saturated rings. The van der Waals surface area contributed by atoms with E-state index in [2.05, 4.69) is 0 Å². The molecular formula is C11H11FN2O. The average molecular weight is 206 g/mol. The number of nitrogens with zero attached hydrogens (tertiary/aromatic N) is 1. The van der Waals surface area contributed by atoms with Gasteiger partial charge >= 0.3 is 0 Å². The second kappa shape index (κ2) is 4.47. The van der Waals surface area contributed by atoms with Gasteiger partial charge in [-0.2, -0.15) is 5.26 Å². The third-order valence-corrected chi connectivity index (χ3v) is 2.03. The Morgan fingerprint density at radius 3 is 2.67 bits per heavy atom. The van der Waals surface area contributed by atoms with Crippen LogP contribution in [0.25, 0.3) is 5.70 Å². The number of nitrogens with two attached hydrogens (primary N) is 1. The van der Waals surface area contributed by atoms with E-state index in [-0.39, 0.29) is 11.4 Å². The summed E-state index contributed by atoms with van der Waals surface area (Å²) in [6.07, 6.45) is 0. The fraction of sp³-hybridized carbons (Fsp3) is 0.182. The van der Waals surface area contributed by atoms with Gasteiger partial charge in [-0.1, -0.05) is 0 Å². The van der Waals surface area contributed by atoms with Crippen LogP contribution in [0, 0.1) is 17.1 Å². The molecule has 4 heteroatoms. The molecule has 0 heterocycles. The van der Waals surface area contributed by atoms with Gasteiger partial charge in [-0.15, -0.1) is 0 Å². The predicted molar refractivity (Wildman–Crippen MR) is 55.3 cm³/mol. The average Bonchev–Trinajstić information content (AvgIpc) is 2.26. The van der Waals surface area contributed by atoms with E-state index in [1.165, 1.54) is 19.2 Å². The van der Waals surface area contributed by atoms with Gasteiger partial charge in [-0.05, 0) is 25.1 Å². The molecule has 0 aliphatic carbocycles. The molecule has 0 bridgehead atoms. The van der Waals surface area contributed by atoms with Crippen molar-refractivity contribution < 1.29 is 9.13 Å². The van der Waals surface area contributed by atoms with Gasteiger partial charge in [-0.25, -0.2) is 4.39 Å². The third-order valence-electron chi connectivity index (χ3n) is 2.03. The zero-order valence-corrected chi connectivity index (χ0v) is 8.54. The Kier molecular flexibility index (Phi) is 3.29. The summed E-state index contributed by atoms with van der Waals surface area (Å²) in [6.45, 7) is 1.58. The van der Waals surface area contributed by atoms with Crippen LogP contribution in [0.15, 0.2) is 23.8 Å². The van der Waals surface area contributed by atoms with E-state index in [1.807, 2.05) is 6.07 Å². The number of benzene rings is 1. The van der Waals surface area contributed by atoms with Gasteiger partial charge in [0, 0.05) is 11.1 Å². The fourth-order valence-corrected chi connectivity index (χ4v) is 1.11. The molecule has 0 saturated carbocycles. The van der Waals surface area contributed by atoms with E-state index in [0.717, 1.165) is 0 Å². The second-order valence-electron chi connectivity index (χ2n) is 3.00. The highest BCUT2D eigenvalue weighted by Crippen LogP contribution is 2.21. The van der Waals surface area contributed by atoms with E-state index in [1.54, 1.807) is 13.0 Å². The van der Waals surface area contributed by atoms with Crippen LogP contribution < -0.4 is 10.5 Å². The van der Waals surface area contributed by atoms with Crippen molar-refractivity contribution in [3.8, 4) is 11.8 Å². The first-order chi connectivity index (χ1) is 7.10. The van der Waals surface area contributed by atoms with Crippen LogP contribution in [0.1, 0.15) is 12.5 Å². The summed E-state index contributed by atoms with van der Waals surface area (Å²) in [6, 6.07) is 6.24. The highest BCUT2D eigenvalue weighted by atomic mass is 19.1. The summed E-state index contributed by atoms with van der Waals surface area (Å²) >= 11 is 0. The Labute approximate surface area is 87.6 Å². The van der Waals surface area contributed by atoms with Crippen LogP contribution >= 0.6 is 0 Å². The molecule has 1 rings (SSSR count). The monoisotopic (exact) mass is 206 g/mol. The molecule has 0 aliphatic heterocycles. The van der Waals surface area contributed by atoms with Crippen molar-refractivity contribution in [1.82, 2.24) is 0 Å². The van der Waals surface area contributed by atoms with Crippen LogP contribution in [-0.2, 0) is 0 Å². The summed E-state index contributed by atoms with van der Waals surface area (Å²) in [5.41, 5.74) is 6.78. The predicted octanol–water partition coefficient (Wildman–Crippen LogP) is 2.05. The number of rotatable bonds is 2. The van der Waals surface area contributed by atoms with Gasteiger partial charge in [0.1, 0.15) is 0 Å². The largest absolute Gasteiger partial charge is 0.494 e. The molecule has 2 N–H and O–H groups in total. The Morgan fingerprint density at radius 2 is 2.20 bits per heavy atom. The van der Waals surface area contributed by atoms with E-state index in [0.29, 0.717) is 11.1 Å². The van der Waals surface area contributed by atoms with Crippen LogP contribution in [0.5, 0.6) is 5.75 Å². The normalized spacial score (nSPS) is 11.6. The first kappa shape index (κ1) is 11.1. The van der Waals surface area contributed by atoms with Crippen molar-refractivity contribution in [3.05, 3.63) is 35.2 Å². The van der Waals surface area contributed by atoms with Crippen LogP contribution in [0.4, 0.5) is 4.39 Å². The molecule has 15 heavy (non-hydrogen) atoms. The summed E-state index contributed by atoms with van der Waals surface area (Å²) in [4.78, 5) is 0. The first-order valence-corrected chi connectivity index (χ1v) is 4.30. The second-order valence-corrected chi connectivity index (χ2v) is 3.00. The van der Waals surface area contributed by atoms with Gasteiger partial charge in [0.2, 0.25) is 0 Å². The molecule has 0 unspecified atom stereocenters. The molecule has 1 aromatic rings. The van der Waals surface area contributed by atoms with Crippen molar-refractivity contribution >= 4 is 5.70 Å². The number of ether oxygens (including phenoxy) is 1. The van der Waals surface area contributed by atoms with Crippen molar-refractivity contribution in [3.63, 3.8) is 0 Å². The molecule has 0 saturated heterocycles. The van der Waals surface area contributed by atoms with Crippen LogP contribution in [-0.4, -0.2) is 7.11 Å². The van der Waals surface area contributed by atoms with E-state index in [4.69, 9.17) is 15.7 Å². The zero-order chi connectivity index (χ0) is 11.4. The lowest BCUT2D eigenvalue weighted by Crippen LogP contribution is -2.00. The molecule has 0 atom stereocenters. The minimum Gasteiger partial charge on any atom is -0.494 e. The number of hydrogen-bond donors (Lipinski definition) is 1. The van der Waals surface area contributed by atoms with Gasteiger partial charge in [0.25, 0.3) is 0 Å². The van der Waals surface area contributed by atoms with Gasteiger partial charge < -0.3 is 10.5 Å². The van der Waals surface area contributed by atoms with Crippen molar-refractivity contribution in [1.29, 1.82) is 5.26 Å². The lowest BCUT2D eigenvalue weighted by molar-refractivity contribution is 0.386. The van der Waals surface area contributed by atoms with E-state index in [9.17, 15) is 4.39 Å². The number of halogens is 1. The van der Waals surface area contributed by atoms with E-state index >= 15 is 0 Å². The van der Waals surface area contributed by atoms with Crippen molar-refractivity contribution in [2.24, 2.45) is 5.73 Å². The minimum atomic E-state index is -0.497. The summed E-state index contributed by atoms with van der Waals surface area (Å²) in [5.74, 6) is -0.343. The molecule has 78 valence electrons. The molecule has 0 amide bonds. The lowest BCUT2D eigenvalue weighted by Gasteiger charge is -2.05. The highest BCUT2D eigenvalue weighted by molar-refractivity contribution is 5.68. The number of hydrogen-bond acceptors (Lipinski definition) is 3. The molecule has 0 radical (unpaired) electrons.